The second-order valence-electron chi connectivity index (χ2n) is 7.12. The summed E-state index contributed by atoms with van der Waals surface area (Å²) in [6, 6.07) is 10.6. The summed E-state index contributed by atoms with van der Waals surface area (Å²) in [5.41, 5.74) is -0.595. The SMILES string of the molecule is O=C1C(=O)N(c2ccc(F)c(F)c2)C(c2ccc(F)cc2)/C1=C(\O)c1ccc([N+](=O)[O-])cc1. The van der Waals surface area contributed by atoms with E-state index >= 15 is 0 Å². The third-order valence-electron chi connectivity index (χ3n) is 5.16. The summed E-state index contributed by atoms with van der Waals surface area (Å²) in [4.78, 5) is 36.9. The van der Waals surface area contributed by atoms with E-state index in [1.54, 1.807) is 0 Å². The topological polar surface area (TPSA) is 101 Å². The zero-order valence-electron chi connectivity index (χ0n) is 16.5. The predicted octanol–water partition coefficient (Wildman–Crippen LogP) is 4.64. The molecule has 1 aliphatic heterocycles. The van der Waals surface area contributed by atoms with Crippen molar-refractivity contribution in [3.8, 4) is 0 Å². The zero-order valence-corrected chi connectivity index (χ0v) is 16.5. The van der Waals surface area contributed by atoms with E-state index in [4.69, 9.17) is 0 Å². The fourth-order valence-electron chi connectivity index (χ4n) is 3.59. The number of non-ortho nitro benzene ring substituents is 1. The summed E-state index contributed by atoms with van der Waals surface area (Å²) >= 11 is 0. The lowest BCUT2D eigenvalue weighted by Crippen LogP contribution is -2.29. The average molecular weight is 454 g/mol. The molecule has 1 unspecified atom stereocenters. The summed E-state index contributed by atoms with van der Waals surface area (Å²) in [6.07, 6.45) is 0. The van der Waals surface area contributed by atoms with Crippen molar-refractivity contribution in [2.45, 2.75) is 6.04 Å². The Kier molecular flexibility index (Phi) is 5.42. The van der Waals surface area contributed by atoms with Gasteiger partial charge in [0, 0.05) is 29.4 Å². The maximum atomic E-state index is 13.9. The van der Waals surface area contributed by atoms with Gasteiger partial charge >= 0.3 is 0 Å². The third-order valence-corrected chi connectivity index (χ3v) is 5.16. The van der Waals surface area contributed by atoms with Gasteiger partial charge in [-0.05, 0) is 42.0 Å². The van der Waals surface area contributed by atoms with Gasteiger partial charge in [0.2, 0.25) is 0 Å². The van der Waals surface area contributed by atoms with E-state index in [0.29, 0.717) is 0 Å². The Labute approximate surface area is 184 Å². The number of aliphatic hydroxyl groups is 1. The number of nitrogens with zero attached hydrogens (tertiary/aromatic N) is 2. The van der Waals surface area contributed by atoms with Gasteiger partial charge in [0.25, 0.3) is 17.4 Å². The van der Waals surface area contributed by atoms with Crippen molar-refractivity contribution in [3.63, 3.8) is 0 Å². The number of rotatable bonds is 4. The van der Waals surface area contributed by atoms with Crippen LogP contribution in [0.5, 0.6) is 0 Å². The van der Waals surface area contributed by atoms with Crippen LogP contribution >= 0.6 is 0 Å². The van der Waals surface area contributed by atoms with Gasteiger partial charge in [0.1, 0.15) is 11.6 Å². The highest BCUT2D eigenvalue weighted by molar-refractivity contribution is 6.51. The Balaban J connectivity index is 1.92. The van der Waals surface area contributed by atoms with Gasteiger partial charge in [-0.1, -0.05) is 12.1 Å². The van der Waals surface area contributed by atoms with Crippen LogP contribution in [-0.2, 0) is 9.59 Å². The Bertz CT molecular complexity index is 1320. The number of aliphatic hydroxyl groups excluding tert-OH is 1. The molecular formula is C23H13F3N2O5. The lowest BCUT2D eigenvalue weighted by molar-refractivity contribution is -0.384. The summed E-state index contributed by atoms with van der Waals surface area (Å²) in [5, 5.41) is 21.8. The number of hydrogen-bond donors (Lipinski definition) is 1. The van der Waals surface area contributed by atoms with Crippen LogP contribution in [-0.4, -0.2) is 21.7 Å². The molecule has 4 rings (SSSR count). The van der Waals surface area contributed by atoms with Crippen LogP contribution in [0.15, 0.2) is 72.3 Å². The second kappa shape index (κ2) is 8.23. The molecule has 0 spiro atoms. The number of anilines is 1. The first-order valence-corrected chi connectivity index (χ1v) is 9.45. The van der Waals surface area contributed by atoms with E-state index in [0.717, 1.165) is 47.4 Å². The number of nitro groups is 1. The maximum Gasteiger partial charge on any atom is 0.300 e. The zero-order chi connectivity index (χ0) is 23.9. The van der Waals surface area contributed by atoms with Crippen molar-refractivity contribution in [3.05, 3.63) is 111 Å². The highest BCUT2D eigenvalue weighted by atomic mass is 19.2. The minimum atomic E-state index is -1.30. The molecule has 7 nitrogen and oxygen atoms in total. The molecule has 3 aromatic rings. The number of halogens is 3. The fourth-order valence-corrected chi connectivity index (χ4v) is 3.59. The molecule has 1 saturated heterocycles. The van der Waals surface area contributed by atoms with Gasteiger partial charge in [-0.15, -0.1) is 0 Å². The average Bonchev–Trinajstić information content (AvgIpc) is 3.06. The minimum absolute atomic E-state index is 0.0102. The molecule has 1 atom stereocenters. The van der Waals surface area contributed by atoms with Crippen LogP contribution in [0.4, 0.5) is 24.5 Å². The summed E-state index contributed by atoms with van der Waals surface area (Å²) in [5.74, 6) is -5.91. The number of Topliss-reactive ketones (excluding diaryl/α,β-unsaturated/α-hetero) is 1. The largest absolute Gasteiger partial charge is 0.507 e. The molecule has 3 aromatic carbocycles. The number of ketones is 1. The van der Waals surface area contributed by atoms with Crippen LogP contribution in [0.3, 0.4) is 0 Å². The van der Waals surface area contributed by atoms with Crippen molar-refractivity contribution in [2.75, 3.05) is 4.90 Å². The minimum Gasteiger partial charge on any atom is -0.507 e. The summed E-state index contributed by atoms with van der Waals surface area (Å²) in [7, 11) is 0. The van der Waals surface area contributed by atoms with E-state index in [2.05, 4.69) is 0 Å². The van der Waals surface area contributed by atoms with Crippen LogP contribution < -0.4 is 4.90 Å². The highest BCUT2D eigenvalue weighted by Gasteiger charge is 2.47. The molecule has 0 radical (unpaired) electrons. The van der Waals surface area contributed by atoms with Gasteiger partial charge in [0.05, 0.1) is 16.5 Å². The number of benzene rings is 3. The lowest BCUT2D eigenvalue weighted by Gasteiger charge is -2.25. The smallest absolute Gasteiger partial charge is 0.300 e. The number of carbonyl (C=O) groups is 2. The van der Waals surface area contributed by atoms with Crippen LogP contribution in [0, 0.1) is 27.6 Å². The van der Waals surface area contributed by atoms with E-state index in [1.165, 1.54) is 24.3 Å². The second-order valence-corrected chi connectivity index (χ2v) is 7.12. The van der Waals surface area contributed by atoms with Gasteiger partial charge < -0.3 is 5.11 Å². The van der Waals surface area contributed by atoms with Gasteiger partial charge in [0.15, 0.2) is 11.6 Å². The summed E-state index contributed by atoms with van der Waals surface area (Å²) in [6.45, 7) is 0. The summed E-state index contributed by atoms with van der Waals surface area (Å²) < 4.78 is 40.9. The van der Waals surface area contributed by atoms with Crippen molar-refractivity contribution in [1.82, 2.24) is 0 Å². The van der Waals surface area contributed by atoms with E-state index < -0.39 is 51.4 Å². The Morgan fingerprint density at radius 1 is 0.909 bits per heavy atom. The van der Waals surface area contributed by atoms with E-state index in [9.17, 15) is 38.0 Å². The first kappa shape index (κ1) is 21.8. The van der Waals surface area contributed by atoms with Crippen molar-refractivity contribution < 1.29 is 32.8 Å². The molecule has 1 fully saturated rings. The Morgan fingerprint density at radius 3 is 2.12 bits per heavy atom. The molecule has 33 heavy (non-hydrogen) atoms. The van der Waals surface area contributed by atoms with Gasteiger partial charge in [-0.25, -0.2) is 13.2 Å². The van der Waals surface area contributed by atoms with E-state index in [1.807, 2.05) is 0 Å². The Morgan fingerprint density at radius 2 is 1.55 bits per heavy atom. The normalized spacial score (nSPS) is 17.4. The van der Waals surface area contributed by atoms with Crippen molar-refractivity contribution >= 4 is 28.8 Å². The van der Waals surface area contributed by atoms with Crippen molar-refractivity contribution in [1.29, 1.82) is 0 Å². The number of hydrogen-bond acceptors (Lipinski definition) is 5. The molecule has 0 aliphatic carbocycles. The molecule has 1 amide bonds. The first-order valence-electron chi connectivity index (χ1n) is 9.45. The number of amides is 1. The van der Waals surface area contributed by atoms with Crippen LogP contribution in [0.25, 0.3) is 5.76 Å². The number of carbonyl (C=O) groups excluding carboxylic acids is 2. The monoisotopic (exact) mass is 454 g/mol. The van der Waals surface area contributed by atoms with Gasteiger partial charge in [-0.2, -0.15) is 0 Å². The van der Waals surface area contributed by atoms with Crippen LogP contribution in [0.2, 0.25) is 0 Å². The lowest BCUT2D eigenvalue weighted by atomic mass is 9.95. The third kappa shape index (κ3) is 3.82. The van der Waals surface area contributed by atoms with Crippen LogP contribution in [0.1, 0.15) is 17.2 Å². The highest BCUT2D eigenvalue weighted by Crippen LogP contribution is 2.42. The first-order chi connectivity index (χ1) is 15.7. The molecule has 1 N–H and O–H groups in total. The number of nitro benzene ring substituents is 1. The predicted molar refractivity (Wildman–Crippen MR) is 111 cm³/mol. The molecule has 166 valence electrons. The molecule has 1 heterocycles. The Hall–Kier alpha value is -4.47. The van der Waals surface area contributed by atoms with Gasteiger partial charge in [-0.3, -0.25) is 24.6 Å². The standard InChI is InChI=1S/C23H13F3N2O5/c24-14-5-1-12(2-6-14)20-19(21(29)13-3-7-15(8-4-13)28(32)33)22(30)23(31)27(20)16-9-10-17(25)18(26)11-16/h1-11,20,29H/b21-19+. The molecule has 1 aliphatic rings. The molecule has 0 saturated carbocycles. The maximum absolute atomic E-state index is 13.9. The molecular weight excluding hydrogens is 441 g/mol. The molecule has 10 heteroatoms. The van der Waals surface area contributed by atoms with Crippen molar-refractivity contribution in [2.24, 2.45) is 0 Å². The molecule has 0 bridgehead atoms. The van der Waals surface area contributed by atoms with E-state index in [-0.39, 0.29) is 22.5 Å². The molecule has 0 aromatic heterocycles. The fraction of sp³-hybridized carbons (Fsp3) is 0.0435. The quantitative estimate of drug-likeness (QED) is 0.204.